The van der Waals surface area contributed by atoms with E-state index in [0.717, 1.165) is 0 Å². The first-order chi connectivity index (χ1) is 19.0. The summed E-state index contributed by atoms with van der Waals surface area (Å²) in [5, 5.41) is 18.3. The first-order valence-electron chi connectivity index (χ1n) is 13.4. The number of urea groups is 2. The van der Waals surface area contributed by atoms with Gasteiger partial charge in [0.25, 0.3) is 0 Å². The molecule has 218 valence electrons. The zero-order valence-electron chi connectivity index (χ0n) is 24.1. The Hall–Kier alpha value is -3.99. The largest absolute Gasteiger partial charge is 0.497 e. The smallest absolute Gasteiger partial charge is 0.323 e. The molecule has 2 aromatic rings. The van der Waals surface area contributed by atoms with E-state index in [4.69, 9.17) is 9.47 Å². The molecule has 2 aromatic carbocycles. The Morgan fingerprint density at radius 2 is 1.77 bits per heavy atom. The van der Waals surface area contributed by atoms with Gasteiger partial charge in [-0.15, -0.1) is 0 Å². The topological polar surface area (TPSA) is 132 Å². The van der Waals surface area contributed by atoms with Crippen molar-refractivity contribution in [2.24, 2.45) is 5.92 Å². The monoisotopic (exact) mass is 555 g/mol. The lowest BCUT2D eigenvalue weighted by Crippen LogP contribution is -2.49. The summed E-state index contributed by atoms with van der Waals surface area (Å²) in [6.45, 7) is 8.01. The van der Waals surface area contributed by atoms with Crippen LogP contribution in [0.3, 0.4) is 0 Å². The van der Waals surface area contributed by atoms with Gasteiger partial charge in [0, 0.05) is 42.5 Å². The Morgan fingerprint density at radius 3 is 2.40 bits per heavy atom. The maximum Gasteiger partial charge on any atom is 0.323 e. The van der Waals surface area contributed by atoms with Crippen molar-refractivity contribution in [3.8, 4) is 11.5 Å². The second-order valence-electron chi connectivity index (χ2n) is 10.5. The number of methoxy groups -OCH3 is 1. The predicted molar refractivity (Wildman–Crippen MR) is 154 cm³/mol. The molecular weight excluding hydrogens is 514 g/mol. The highest BCUT2D eigenvalue weighted by Crippen LogP contribution is 2.29. The van der Waals surface area contributed by atoms with Crippen LogP contribution in [-0.2, 0) is 11.2 Å². The van der Waals surface area contributed by atoms with E-state index in [1.165, 1.54) is 0 Å². The molecule has 5 amide bonds. The van der Waals surface area contributed by atoms with E-state index in [9.17, 15) is 19.5 Å². The van der Waals surface area contributed by atoms with Crippen LogP contribution in [0.5, 0.6) is 11.5 Å². The van der Waals surface area contributed by atoms with Gasteiger partial charge in [-0.05, 0) is 63.2 Å². The third-order valence-corrected chi connectivity index (χ3v) is 6.73. The van der Waals surface area contributed by atoms with Gasteiger partial charge in [-0.1, -0.05) is 6.92 Å². The minimum absolute atomic E-state index is 0.0130. The number of hydrogen-bond donors (Lipinski definition) is 4. The van der Waals surface area contributed by atoms with E-state index in [1.54, 1.807) is 73.3 Å². The molecule has 0 bridgehead atoms. The average Bonchev–Trinajstić information content (AvgIpc) is 2.95. The minimum atomic E-state index is -0.444. The van der Waals surface area contributed by atoms with Crippen molar-refractivity contribution in [3.05, 3.63) is 48.0 Å². The maximum atomic E-state index is 13.4. The van der Waals surface area contributed by atoms with Gasteiger partial charge in [-0.2, -0.15) is 0 Å². The number of benzene rings is 2. The van der Waals surface area contributed by atoms with Crippen molar-refractivity contribution in [2.75, 3.05) is 44.5 Å². The number of carbonyl (C=O) groups is 3. The number of ether oxygens (including phenoxy) is 2. The second-order valence-corrected chi connectivity index (χ2v) is 10.5. The Morgan fingerprint density at radius 1 is 1.12 bits per heavy atom. The summed E-state index contributed by atoms with van der Waals surface area (Å²) in [5.41, 5.74) is 1.67. The predicted octanol–water partition coefficient (Wildman–Crippen LogP) is 3.54. The van der Waals surface area contributed by atoms with Gasteiger partial charge < -0.3 is 40.3 Å². The number of carbonyl (C=O) groups excluding carboxylic acids is 3. The van der Waals surface area contributed by atoms with E-state index in [0.29, 0.717) is 41.5 Å². The van der Waals surface area contributed by atoms with Crippen molar-refractivity contribution in [2.45, 2.75) is 52.3 Å². The summed E-state index contributed by atoms with van der Waals surface area (Å²) >= 11 is 0. The number of aliphatic hydroxyl groups is 1. The van der Waals surface area contributed by atoms with E-state index >= 15 is 0 Å². The summed E-state index contributed by atoms with van der Waals surface area (Å²) in [6.07, 6.45) is -0.406. The van der Waals surface area contributed by atoms with Crippen molar-refractivity contribution >= 4 is 29.3 Å². The maximum absolute atomic E-state index is 13.4. The van der Waals surface area contributed by atoms with Gasteiger partial charge in [0.1, 0.15) is 17.6 Å². The third kappa shape index (κ3) is 8.25. The van der Waals surface area contributed by atoms with Gasteiger partial charge >= 0.3 is 12.1 Å². The lowest BCUT2D eigenvalue weighted by Gasteiger charge is -2.34. The SMILES string of the molecule is COc1ccc(NC(=O)Nc2ccc3c(c2)CC(=O)N([C@H](C)CO)C[C@H](C)[C@H](CN(C)C(=O)NC(C)C)O3)cc1. The van der Waals surface area contributed by atoms with E-state index in [-0.39, 0.29) is 36.9 Å². The summed E-state index contributed by atoms with van der Waals surface area (Å²) in [6, 6.07) is 11.0. The summed E-state index contributed by atoms with van der Waals surface area (Å²) in [4.78, 5) is 41.9. The number of amides is 5. The fourth-order valence-electron chi connectivity index (χ4n) is 4.40. The zero-order valence-corrected chi connectivity index (χ0v) is 24.1. The molecule has 0 saturated carbocycles. The number of likely N-dealkylation sites (N-methyl/N-ethyl adjacent to an activating group) is 1. The Balaban J connectivity index is 1.85. The van der Waals surface area contributed by atoms with Crippen molar-refractivity contribution in [1.29, 1.82) is 0 Å². The molecule has 3 atom stereocenters. The number of nitrogens with one attached hydrogen (secondary N) is 3. The quantitative estimate of drug-likeness (QED) is 0.394. The van der Waals surface area contributed by atoms with Crippen LogP contribution in [0, 0.1) is 5.92 Å². The van der Waals surface area contributed by atoms with Crippen LogP contribution in [0.15, 0.2) is 42.5 Å². The number of hydrogen-bond acceptors (Lipinski definition) is 6. The minimum Gasteiger partial charge on any atom is -0.497 e. The van der Waals surface area contributed by atoms with E-state index in [2.05, 4.69) is 16.0 Å². The van der Waals surface area contributed by atoms with Crippen molar-refractivity contribution in [3.63, 3.8) is 0 Å². The second kappa shape index (κ2) is 13.9. The van der Waals surface area contributed by atoms with Crippen LogP contribution < -0.4 is 25.4 Å². The van der Waals surface area contributed by atoms with Gasteiger partial charge in [-0.3, -0.25) is 4.79 Å². The fraction of sp³-hybridized carbons (Fsp3) is 0.483. The molecule has 0 aliphatic carbocycles. The molecule has 3 rings (SSSR count). The lowest BCUT2D eigenvalue weighted by molar-refractivity contribution is -0.134. The third-order valence-electron chi connectivity index (χ3n) is 6.73. The molecule has 0 aromatic heterocycles. The number of fused-ring (bicyclic) bond motifs is 1. The van der Waals surface area contributed by atoms with Crippen LogP contribution in [-0.4, -0.2) is 84.9 Å². The molecule has 11 heteroatoms. The van der Waals surface area contributed by atoms with Crippen LogP contribution in [0.25, 0.3) is 0 Å². The number of anilines is 2. The number of aliphatic hydroxyl groups excluding tert-OH is 1. The molecular formula is C29H41N5O6. The van der Waals surface area contributed by atoms with Crippen LogP contribution in [0.2, 0.25) is 0 Å². The molecule has 0 spiro atoms. The summed E-state index contributed by atoms with van der Waals surface area (Å²) in [7, 11) is 3.27. The van der Waals surface area contributed by atoms with Gasteiger partial charge in [0.05, 0.1) is 32.7 Å². The molecule has 1 aliphatic rings. The molecule has 0 fully saturated rings. The summed E-state index contributed by atoms with van der Waals surface area (Å²) in [5.74, 6) is 0.871. The van der Waals surface area contributed by atoms with Gasteiger partial charge in [0.2, 0.25) is 5.91 Å². The Bertz CT molecular complexity index is 1170. The fourth-order valence-corrected chi connectivity index (χ4v) is 4.40. The lowest BCUT2D eigenvalue weighted by atomic mass is 10.0. The van der Waals surface area contributed by atoms with Crippen molar-refractivity contribution < 1.29 is 29.0 Å². The summed E-state index contributed by atoms with van der Waals surface area (Å²) < 4.78 is 11.6. The number of rotatable bonds is 8. The molecule has 1 heterocycles. The van der Waals surface area contributed by atoms with Gasteiger partial charge in [0.15, 0.2) is 0 Å². The van der Waals surface area contributed by atoms with E-state index in [1.807, 2.05) is 20.8 Å². The molecule has 11 nitrogen and oxygen atoms in total. The highest BCUT2D eigenvalue weighted by atomic mass is 16.5. The zero-order chi connectivity index (χ0) is 29.4. The molecule has 1 aliphatic heterocycles. The molecule has 0 radical (unpaired) electrons. The Kier molecular flexibility index (Phi) is 10.6. The average molecular weight is 556 g/mol. The van der Waals surface area contributed by atoms with E-state index < -0.39 is 18.2 Å². The molecule has 40 heavy (non-hydrogen) atoms. The van der Waals surface area contributed by atoms with Crippen LogP contribution >= 0.6 is 0 Å². The van der Waals surface area contributed by atoms with Crippen molar-refractivity contribution in [1.82, 2.24) is 15.1 Å². The molecule has 4 N–H and O–H groups in total. The highest BCUT2D eigenvalue weighted by molar-refractivity contribution is 6.00. The Labute approximate surface area is 235 Å². The first-order valence-corrected chi connectivity index (χ1v) is 13.4. The first kappa shape index (κ1) is 30.6. The van der Waals surface area contributed by atoms with Crippen LogP contribution in [0.4, 0.5) is 21.0 Å². The standard InChI is InChI=1S/C29H41N5O6/c1-18(2)30-29(38)33(5)16-26-19(3)15-34(20(4)17-35)27(36)14-21-13-23(9-12-25(21)40-26)32-28(37)31-22-7-10-24(39-6)11-8-22/h7-13,18-20,26,35H,14-17H2,1-6H3,(H,30,38)(H2,31,32,37)/t19-,20+,26-/m0/s1. The normalized spacial score (nSPS) is 17.9. The van der Waals surface area contributed by atoms with Crippen LogP contribution in [0.1, 0.15) is 33.3 Å². The highest BCUT2D eigenvalue weighted by Gasteiger charge is 2.32. The molecule has 0 saturated heterocycles. The molecule has 0 unspecified atom stereocenters. The number of nitrogens with zero attached hydrogens (tertiary/aromatic N) is 2. The van der Waals surface area contributed by atoms with Gasteiger partial charge in [-0.25, -0.2) is 9.59 Å².